The molecule has 0 bridgehead atoms. The van der Waals surface area contributed by atoms with E-state index in [9.17, 15) is 14.7 Å². The molecule has 1 unspecified atom stereocenters. The molecular formula is C31H38N3O4RbS2. The monoisotopic (exact) mass is 665 g/mol. The third-order valence-electron chi connectivity index (χ3n) is 7.55. The van der Waals surface area contributed by atoms with E-state index in [4.69, 9.17) is 22.7 Å². The number of benzene rings is 1. The molecule has 1 aromatic rings. The minimum atomic E-state index is -1.12. The van der Waals surface area contributed by atoms with Gasteiger partial charge in [0, 0.05) is 28.6 Å². The Balaban J connectivity index is 0.00000462. The summed E-state index contributed by atoms with van der Waals surface area (Å²) in [7, 11) is 0. The van der Waals surface area contributed by atoms with E-state index in [-0.39, 0.29) is 92.2 Å². The topological polar surface area (TPSA) is 105 Å². The Morgan fingerprint density at radius 1 is 1.39 bits per heavy atom. The number of aliphatic carboxylic acids is 1. The van der Waals surface area contributed by atoms with Crippen molar-refractivity contribution in [2.45, 2.75) is 70.6 Å². The molecule has 1 amide bonds. The van der Waals surface area contributed by atoms with Crippen LogP contribution in [0.25, 0.3) is 0 Å². The number of nitrogens with zero attached hydrogens (tertiary/aromatic N) is 1. The van der Waals surface area contributed by atoms with Gasteiger partial charge in [0.2, 0.25) is 0 Å². The number of rotatable bonds is 11. The van der Waals surface area contributed by atoms with Crippen LogP contribution in [-0.4, -0.2) is 39.0 Å². The van der Waals surface area contributed by atoms with E-state index in [0.29, 0.717) is 22.9 Å². The van der Waals surface area contributed by atoms with Gasteiger partial charge in [0.05, 0.1) is 5.91 Å². The summed E-state index contributed by atoms with van der Waals surface area (Å²) in [5, 5.41) is 12.6. The Morgan fingerprint density at radius 2 is 2.15 bits per heavy atom. The van der Waals surface area contributed by atoms with E-state index in [0.717, 1.165) is 55.2 Å². The first kappa shape index (κ1) is 34.1. The normalized spacial score (nSPS) is 21.4. The first-order valence-electron chi connectivity index (χ1n) is 13.8. The summed E-state index contributed by atoms with van der Waals surface area (Å²) >= 11 is 6.90. The van der Waals surface area contributed by atoms with Gasteiger partial charge < -0.3 is 30.6 Å². The number of thiocarbonyl (C=S) groups is 1. The maximum absolute atomic E-state index is 11.8. The van der Waals surface area contributed by atoms with E-state index >= 15 is 0 Å². The second-order valence-corrected chi connectivity index (χ2v) is 12.2. The van der Waals surface area contributed by atoms with Crippen LogP contribution in [0.3, 0.4) is 0 Å². The standard InChI is InChI=1S/C31H38N3O4S2.Rb/c1-5-6-7-9-20-15-23(32)28(22-14-19(4)11-12-21(22)18(2)3)24(16-20)38-31(39)33-13-8-10-25-29(30(36)37)34-26(35)17-27(34)40-25;/h8,10,14-17,21-22,27H,2,5-7,9,11-13,32H2,1,3-4H3,(H,33,39)(H,36,37);/q-1;+1/b10-8+;/t21-,22+,27?;/m0./s1. The molecule has 0 saturated carbocycles. The van der Waals surface area contributed by atoms with E-state index in [2.05, 4.69) is 50.9 Å². The average Bonchev–Trinajstić information content (AvgIpc) is 3.18. The number of aryl methyl sites for hydroxylation is 1. The van der Waals surface area contributed by atoms with Crippen molar-refractivity contribution in [3.8, 4) is 5.75 Å². The van der Waals surface area contributed by atoms with Gasteiger partial charge in [0.1, 0.15) is 11.4 Å². The molecule has 2 aliphatic heterocycles. The number of anilines is 1. The van der Waals surface area contributed by atoms with Crippen molar-refractivity contribution in [2.24, 2.45) is 5.92 Å². The molecule has 10 heteroatoms. The third-order valence-corrected chi connectivity index (χ3v) is 8.95. The molecule has 41 heavy (non-hydrogen) atoms. The smallest absolute Gasteiger partial charge is 0.477 e. The summed E-state index contributed by atoms with van der Waals surface area (Å²) in [6.45, 7) is 11.0. The van der Waals surface area contributed by atoms with Crippen molar-refractivity contribution in [1.29, 1.82) is 0 Å². The van der Waals surface area contributed by atoms with Gasteiger partial charge in [0.15, 0.2) is 0 Å². The quantitative estimate of drug-likeness (QED) is 0.0827. The Kier molecular flexibility index (Phi) is 12.8. The molecule has 7 nitrogen and oxygen atoms in total. The molecule has 0 spiro atoms. The zero-order valence-corrected chi connectivity index (χ0v) is 30.9. The molecule has 1 saturated heterocycles. The number of β-lactam (4-membered cyclic amide) rings is 1. The van der Waals surface area contributed by atoms with Gasteiger partial charge in [-0.3, -0.25) is 6.42 Å². The van der Waals surface area contributed by atoms with Gasteiger partial charge in [-0.1, -0.05) is 49.6 Å². The molecule has 3 atom stereocenters. The number of hydrogen-bond acceptors (Lipinski definition) is 6. The molecule has 0 aromatic heterocycles. The summed E-state index contributed by atoms with van der Waals surface area (Å²) in [5.41, 5.74) is 11.9. The summed E-state index contributed by atoms with van der Waals surface area (Å²) in [5.74, 6) is -0.420. The number of nitrogen functional groups attached to an aromatic ring is 1. The van der Waals surface area contributed by atoms with Crippen LogP contribution < -0.4 is 74.0 Å². The van der Waals surface area contributed by atoms with Gasteiger partial charge in [0.25, 0.3) is 5.17 Å². The number of nitrogens with one attached hydrogen (secondary N) is 1. The Morgan fingerprint density at radius 3 is 2.80 bits per heavy atom. The summed E-state index contributed by atoms with van der Waals surface area (Å²) in [6.07, 6.45) is 13.6. The third kappa shape index (κ3) is 8.18. The van der Waals surface area contributed by atoms with Gasteiger partial charge >= 0.3 is 64.2 Å². The first-order valence-corrected chi connectivity index (χ1v) is 15.1. The van der Waals surface area contributed by atoms with Crippen LogP contribution in [0, 0.1) is 12.3 Å². The number of carboxylic acid groups (broad SMARTS) is 1. The molecule has 1 fully saturated rings. The van der Waals surface area contributed by atoms with Crippen LogP contribution in [0.4, 0.5) is 5.69 Å². The molecule has 0 radical (unpaired) electrons. The van der Waals surface area contributed by atoms with Crippen molar-refractivity contribution < 1.29 is 77.6 Å². The van der Waals surface area contributed by atoms with Crippen molar-refractivity contribution in [3.05, 3.63) is 76.2 Å². The number of carbonyl (C=O) groups excluding carboxylic acids is 1. The number of ether oxygens (including phenoxy) is 1. The maximum Gasteiger partial charge on any atom is 1.00 e. The maximum atomic E-state index is 11.8. The average molecular weight is 666 g/mol. The SMILES string of the molecule is C=C(C)[C@@H]1CCC(C)=C[C@H]1c1c(N)cc(CCCCC)cc1OC(=S)NC/C=C/C1=C(C(=O)O)N2C(=O)[CH-]C2S1.[Rb+]. The van der Waals surface area contributed by atoms with E-state index < -0.39 is 5.97 Å². The van der Waals surface area contributed by atoms with Crippen molar-refractivity contribution in [1.82, 2.24) is 10.2 Å². The zero-order chi connectivity index (χ0) is 29.0. The van der Waals surface area contributed by atoms with Gasteiger partial charge in [-0.25, -0.2) is 4.79 Å². The molecule has 2 heterocycles. The number of fused-ring (bicyclic) bond motifs is 1. The second-order valence-electron chi connectivity index (χ2n) is 10.7. The van der Waals surface area contributed by atoms with Gasteiger partial charge in [-0.05, 0) is 86.8 Å². The van der Waals surface area contributed by atoms with E-state index in [1.165, 1.54) is 28.7 Å². The number of hydrogen-bond donors (Lipinski definition) is 3. The number of unbranched alkanes of at least 4 members (excludes halogenated alkanes) is 2. The predicted molar refractivity (Wildman–Crippen MR) is 166 cm³/mol. The predicted octanol–water partition coefficient (Wildman–Crippen LogP) is 3.25. The van der Waals surface area contributed by atoms with Crippen LogP contribution in [-0.2, 0) is 16.0 Å². The molecule has 214 valence electrons. The number of allylic oxidation sites excluding steroid dienone is 4. The number of nitrogens with two attached hydrogens (primary N) is 1. The van der Waals surface area contributed by atoms with Crippen LogP contribution in [0.1, 0.15) is 69.9 Å². The minimum absolute atomic E-state index is 0. The Bertz CT molecular complexity index is 1310. The molecule has 1 aliphatic carbocycles. The summed E-state index contributed by atoms with van der Waals surface area (Å²) in [4.78, 5) is 25.3. The minimum Gasteiger partial charge on any atom is -0.477 e. The van der Waals surface area contributed by atoms with Crippen molar-refractivity contribution >= 4 is 46.7 Å². The molecule has 4 rings (SSSR count). The van der Waals surface area contributed by atoms with Crippen LogP contribution in [0.15, 0.2) is 58.7 Å². The molecule has 4 N–H and O–H groups in total. The number of carboxylic acids is 1. The zero-order valence-electron chi connectivity index (χ0n) is 24.4. The van der Waals surface area contributed by atoms with Crippen molar-refractivity contribution in [3.63, 3.8) is 0 Å². The Labute approximate surface area is 301 Å². The van der Waals surface area contributed by atoms with Gasteiger partial charge in [-0.2, -0.15) is 0 Å². The van der Waals surface area contributed by atoms with Gasteiger partial charge in [-0.15, -0.1) is 11.8 Å². The number of thioether (sulfide) groups is 1. The largest absolute Gasteiger partial charge is 1.00 e. The Hall–Kier alpha value is -1.36. The second kappa shape index (κ2) is 15.4. The summed E-state index contributed by atoms with van der Waals surface area (Å²) in [6, 6.07) is 4.14. The molecule has 1 aromatic carbocycles. The van der Waals surface area contributed by atoms with E-state index in [1.807, 2.05) is 0 Å². The fraction of sp³-hybridized carbons (Fsp3) is 0.419. The van der Waals surface area contributed by atoms with Crippen LogP contribution in [0.5, 0.6) is 5.75 Å². The number of amides is 1. The molecule has 3 aliphatic rings. The number of carbonyl (C=O) groups is 2. The fourth-order valence-corrected chi connectivity index (χ4v) is 6.90. The van der Waals surface area contributed by atoms with Crippen molar-refractivity contribution in [2.75, 3.05) is 12.3 Å². The molecular weight excluding hydrogens is 628 g/mol. The van der Waals surface area contributed by atoms with Crippen LogP contribution >= 0.6 is 24.0 Å². The first-order chi connectivity index (χ1) is 19.1. The van der Waals surface area contributed by atoms with E-state index in [1.54, 1.807) is 12.2 Å². The fourth-order valence-electron chi connectivity index (χ4n) is 5.50. The summed E-state index contributed by atoms with van der Waals surface area (Å²) < 4.78 is 6.26. The van der Waals surface area contributed by atoms with Crippen LogP contribution in [0.2, 0.25) is 0 Å².